The molecule has 0 bridgehead atoms. The molecule has 0 fully saturated rings. The van der Waals surface area contributed by atoms with Crippen molar-refractivity contribution in [3.63, 3.8) is 0 Å². The number of thiazole rings is 1. The summed E-state index contributed by atoms with van der Waals surface area (Å²) in [6.07, 6.45) is 1.44. The van der Waals surface area contributed by atoms with E-state index in [9.17, 15) is 9.90 Å². The lowest BCUT2D eigenvalue weighted by Gasteiger charge is -2.14. The maximum Gasteiger partial charge on any atom is 0.202 e. The van der Waals surface area contributed by atoms with Gasteiger partial charge < -0.3 is 14.4 Å². The van der Waals surface area contributed by atoms with Crippen LogP contribution in [0.3, 0.4) is 0 Å². The van der Waals surface area contributed by atoms with E-state index in [1.165, 1.54) is 17.6 Å². The average molecular weight is 330 g/mol. The highest BCUT2D eigenvalue weighted by Crippen LogP contribution is 2.32. The summed E-state index contributed by atoms with van der Waals surface area (Å²) in [5.41, 5.74) is 2.67. The number of aromatic nitrogens is 1. The van der Waals surface area contributed by atoms with Crippen LogP contribution in [0.1, 0.15) is 16.1 Å². The maximum atomic E-state index is 12.8. The summed E-state index contributed by atoms with van der Waals surface area (Å²) in [4.78, 5) is 19.1. The fourth-order valence-corrected chi connectivity index (χ4v) is 3.22. The van der Waals surface area contributed by atoms with E-state index in [1.54, 1.807) is 13.0 Å². The first kappa shape index (κ1) is 15.7. The normalized spacial score (nSPS) is 11.5. The largest absolute Gasteiger partial charge is 0.507 e. The fourth-order valence-electron chi connectivity index (χ4n) is 2.60. The molecule has 3 aromatic rings. The number of phenols is 1. The highest BCUT2D eigenvalue weighted by Gasteiger charge is 2.18. The molecule has 0 aliphatic carbocycles. The van der Waals surface area contributed by atoms with Crippen molar-refractivity contribution in [3.8, 4) is 17.0 Å². The van der Waals surface area contributed by atoms with Crippen LogP contribution >= 0.6 is 11.3 Å². The van der Waals surface area contributed by atoms with Crippen LogP contribution in [0.15, 0.2) is 26.9 Å². The van der Waals surface area contributed by atoms with Crippen molar-refractivity contribution in [2.75, 3.05) is 14.1 Å². The lowest BCUT2D eigenvalue weighted by Crippen LogP contribution is -2.13. The molecule has 120 valence electrons. The molecule has 6 heteroatoms. The van der Waals surface area contributed by atoms with Crippen molar-refractivity contribution in [2.24, 2.45) is 0 Å². The predicted molar refractivity (Wildman–Crippen MR) is 92.1 cm³/mol. The summed E-state index contributed by atoms with van der Waals surface area (Å²) in [6, 6.07) is 1.68. The molecule has 0 unspecified atom stereocenters. The summed E-state index contributed by atoms with van der Waals surface area (Å²) in [5.74, 6) is 0.173. The monoisotopic (exact) mass is 330 g/mol. The number of nitrogens with zero attached hydrogens (tertiary/aromatic N) is 2. The molecule has 0 amide bonds. The Balaban J connectivity index is 2.30. The molecule has 2 heterocycles. The predicted octanol–water partition coefficient (Wildman–Crippen LogP) is 3.30. The molecule has 0 radical (unpaired) electrons. The van der Waals surface area contributed by atoms with E-state index in [4.69, 9.17) is 4.42 Å². The molecular weight excluding hydrogens is 312 g/mol. The third kappa shape index (κ3) is 2.75. The average Bonchev–Trinajstić information content (AvgIpc) is 2.91. The topological polar surface area (TPSA) is 66.6 Å². The Bertz CT molecular complexity index is 941. The number of phenolic OH excluding ortho intramolecular Hbond substituents is 1. The zero-order chi connectivity index (χ0) is 16.7. The molecule has 1 N–H and O–H groups in total. The van der Waals surface area contributed by atoms with Crippen LogP contribution in [0.2, 0.25) is 0 Å². The number of benzene rings is 1. The van der Waals surface area contributed by atoms with E-state index >= 15 is 0 Å². The van der Waals surface area contributed by atoms with E-state index < -0.39 is 0 Å². The smallest absolute Gasteiger partial charge is 0.202 e. The number of hydrogen-bond acceptors (Lipinski definition) is 6. The van der Waals surface area contributed by atoms with Gasteiger partial charge in [-0.3, -0.25) is 4.79 Å². The van der Waals surface area contributed by atoms with Crippen LogP contribution in [-0.4, -0.2) is 29.1 Å². The first-order valence-corrected chi connectivity index (χ1v) is 8.10. The number of hydrogen-bond donors (Lipinski definition) is 1. The van der Waals surface area contributed by atoms with Gasteiger partial charge in [0, 0.05) is 11.9 Å². The molecule has 0 saturated carbocycles. The maximum absolute atomic E-state index is 12.8. The fraction of sp³-hybridized carbons (Fsp3) is 0.294. The van der Waals surface area contributed by atoms with Gasteiger partial charge in [0.05, 0.1) is 27.2 Å². The first-order valence-electron chi connectivity index (χ1n) is 7.22. The van der Waals surface area contributed by atoms with E-state index in [2.05, 4.69) is 4.98 Å². The van der Waals surface area contributed by atoms with E-state index in [1.807, 2.05) is 31.3 Å². The van der Waals surface area contributed by atoms with Crippen molar-refractivity contribution >= 4 is 22.3 Å². The summed E-state index contributed by atoms with van der Waals surface area (Å²) in [5, 5.41) is 13.5. The summed E-state index contributed by atoms with van der Waals surface area (Å²) >= 11 is 1.49. The number of rotatable bonds is 3. The van der Waals surface area contributed by atoms with Crippen molar-refractivity contribution in [2.45, 2.75) is 20.4 Å². The van der Waals surface area contributed by atoms with Crippen LogP contribution in [0.25, 0.3) is 22.2 Å². The lowest BCUT2D eigenvalue weighted by molar-refractivity contribution is 0.383. The molecule has 0 saturated heterocycles. The molecule has 1 aromatic carbocycles. The zero-order valence-corrected chi connectivity index (χ0v) is 14.3. The van der Waals surface area contributed by atoms with Gasteiger partial charge in [0.2, 0.25) is 5.43 Å². The van der Waals surface area contributed by atoms with Crippen molar-refractivity contribution < 1.29 is 9.52 Å². The standard InChI is InChI=1S/C17H18N2O3S/c1-9-5-11-16(21)13(14-8-23-10(2)18-14)7-22-17(11)12(15(9)20)6-19(3)4/h5,7-8,20H,6H2,1-4H3. The molecule has 0 spiro atoms. The van der Waals surface area contributed by atoms with Gasteiger partial charge in [-0.1, -0.05) is 0 Å². The highest BCUT2D eigenvalue weighted by atomic mass is 32.1. The summed E-state index contributed by atoms with van der Waals surface area (Å²) < 4.78 is 5.73. The van der Waals surface area contributed by atoms with Gasteiger partial charge in [0.1, 0.15) is 17.6 Å². The van der Waals surface area contributed by atoms with Crippen LogP contribution in [-0.2, 0) is 6.54 Å². The van der Waals surface area contributed by atoms with Gasteiger partial charge >= 0.3 is 0 Å². The Hall–Kier alpha value is -2.18. The summed E-state index contributed by atoms with van der Waals surface area (Å²) in [7, 11) is 3.80. The van der Waals surface area contributed by atoms with Crippen molar-refractivity contribution in [1.29, 1.82) is 0 Å². The molecule has 23 heavy (non-hydrogen) atoms. The molecular formula is C17H18N2O3S. The number of aryl methyl sites for hydroxylation is 2. The van der Waals surface area contributed by atoms with Gasteiger partial charge in [0.15, 0.2) is 0 Å². The minimum Gasteiger partial charge on any atom is -0.507 e. The Kier molecular flexibility index (Phi) is 3.95. The molecule has 2 aromatic heterocycles. The second-order valence-electron chi connectivity index (χ2n) is 5.87. The molecule has 0 aliphatic heterocycles. The lowest BCUT2D eigenvalue weighted by atomic mass is 10.0. The quantitative estimate of drug-likeness (QED) is 0.798. The molecule has 3 rings (SSSR count). The SMILES string of the molecule is Cc1nc(-c2coc3c(CN(C)C)c(O)c(C)cc3c2=O)cs1. The van der Waals surface area contributed by atoms with Crippen LogP contribution in [0.5, 0.6) is 5.75 Å². The van der Waals surface area contributed by atoms with E-state index in [-0.39, 0.29) is 11.2 Å². The molecule has 0 atom stereocenters. The summed E-state index contributed by atoms with van der Waals surface area (Å²) in [6.45, 7) is 4.17. The van der Waals surface area contributed by atoms with E-state index in [0.717, 1.165) is 5.01 Å². The van der Waals surface area contributed by atoms with Gasteiger partial charge in [-0.25, -0.2) is 4.98 Å². The Morgan fingerprint density at radius 1 is 1.35 bits per heavy atom. The Morgan fingerprint density at radius 2 is 2.09 bits per heavy atom. The third-order valence-corrected chi connectivity index (χ3v) is 4.47. The van der Waals surface area contributed by atoms with Crippen molar-refractivity contribution in [3.05, 3.63) is 44.1 Å². The second kappa shape index (κ2) is 5.79. The molecule has 5 nitrogen and oxygen atoms in total. The minimum absolute atomic E-state index is 0.125. The van der Waals surface area contributed by atoms with Gasteiger partial charge in [0.25, 0.3) is 0 Å². The van der Waals surface area contributed by atoms with Crippen LogP contribution in [0, 0.1) is 13.8 Å². The Labute approximate surface area is 137 Å². The van der Waals surface area contributed by atoms with Gasteiger partial charge in [-0.05, 0) is 39.6 Å². The van der Waals surface area contributed by atoms with E-state index in [0.29, 0.717) is 39.9 Å². The zero-order valence-electron chi connectivity index (χ0n) is 13.5. The number of aromatic hydroxyl groups is 1. The first-order chi connectivity index (χ1) is 10.9. The third-order valence-electron chi connectivity index (χ3n) is 3.69. The second-order valence-corrected chi connectivity index (χ2v) is 6.93. The molecule has 0 aliphatic rings. The van der Waals surface area contributed by atoms with Crippen molar-refractivity contribution in [1.82, 2.24) is 9.88 Å². The minimum atomic E-state index is -0.125. The van der Waals surface area contributed by atoms with Gasteiger partial charge in [-0.2, -0.15) is 0 Å². The van der Waals surface area contributed by atoms with Crippen LogP contribution in [0.4, 0.5) is 0 Å². The Morgan fingerprint density at radius 3 is 2.70 bits per heavy atom. The van der Waals surface area contributed by atoms with Gasteiger partial charge in [-0.15, -0.1) is 11.3 Å². The number of fused-ring (bicyclic) bond motifs is 1. The highest BCUT2D eigenvalue weighted by molar-refractivity contribution is 7.09. The van der Waals surface area contributed by atoms with Crippen LogP contribution < -0.4 is 5.43 Å².